The van der Waals surface area contributed by atoms with E-state index in [1.165, 1.54) is 7.11 Å². The van der Waals surface area contributed by atoms with Crippen molar-refractivity contribution in [3.05, 3.63) is 71.4 Å². The van der Waals surface area contributed by atoms with Gasteiger partial charge in [-0.1, -0.05) is 30.3 Å². The van der Waals surface area contributed by atoms with E-state index in [0.717, 1.165) is 11.3 Å². The Labute approximate surface area is 187 Å². The number of allylic oxidation sites excluding steroid dienone is 1. The molecule has 1 aliphatic heterocycles. The molecule has 1 heterocycles. The van der Waals surface area contributed by atoms with Gasteiger partial charge >= 0.3 is 5.97 Å². The molecule has 3 rings (SSSR count). The number of anilines is 1. The molecule has 7 nitrogen and oxygen atoms in total. The second-order valence-corrected chi connectivity index (χ2v) is 7.28. The van der Waals surface area contributed by atoms with Gasteiger partial charge in [0.2, 0.25) is 0 Å². The molecule has 2 aromatic carbocycles. The zero-order valence-electron chi connectivity index (χ0n) is 17.7. The van der Waals surface area contributed by atoms with E-state index >= 15 is 0 Å². The second kappa shape index (κ2) is 10.1. The maximum absolute atomic E-state index is 12.5. The number of nitrogens with zero attached hydrogens (tertiary/aromatic N) is 1. The Kier molecular flexibility index (Phi) is 7.25. The van der Waals surface area contributed by atoms with Crippen LogP contribution < -0.4 is 15.4 Å². The minimum absolute atomic E-state index is 0.0918. The van der Waals surface area contributed by atoms with Gasteiger partial charge in [0.15, 0.2) is 11.7 Å². The van der Waals surface area contributed by atoms with Crippen molar-refractivity contribution < 1.29 is 19.1 Å². The van der Waals surface area contributed by atoms with Crippen molar-refractivity contribution >= 4 is 34.9 Å². The molecule has 0 radical (unpaired) electrons. The monoisotopic (exact) mass is 439 g/mol. The van der Waals surface area contributed by atoms with Crippen LogP contribution in [-0.2, 0) is 14.3 Å². The lowest BCUT2D eigenvalue weighted by atomic mass is 9.95. The van der Waals surface area contributed by atoms with Crippen molar-refractivity contribution in [1.82, 2.24) is 10.2 Å². The number of carbonyl (C=O) groups excluding carboxylic acids is 2. The highest BCUT2D eigenvalue weighted by Crippen LogP contribution is 2.31. The first-order valence-electron chi connectivity index (χ1n) is 9.89. The third-order valence-corrected chi connectivity index (χ3v) is 5.30. The average molecular weight is 440 g/mol. The van der Waals surface area contributed by atoms with Gasteiger partial charge in [-0.3, -0.25) is 4.79 Å². The van der Waals surface area contributed by atoms with E-state index in [-0.39, 0.29) is 12.5 Å². The van der Waals surface area contributed by atoms with Crippen molar-refractivity contribution in [3.63, 3.8) is 0 Å². The van der Waals surface area contributed by atoms with Crippen LogP contribution in [0.25, 0.3) is 0 Å². The van der Waals surface area contributed by atoms with E-state index < -0.39 is 12.0 Å². The minimum Gasteiger partial charge on any atom is -0.484 e. The third kappa shape index (κ3) is 5.21. The molecule has 162 valence electrons. The number of amides is 1. The smallest absolute Gasteiger partial charge is 0.337 e. The summed E-state index contributed by atoms with van der Waals surface area (Å²) in [5.74, 6) is -0.0458. The molecule has 0 spiro atoms. The molecule has 0 saturated heterocycles. The van der Waals surface area contributed by atoms with Crippen LogP contribution in [0, 0.1) is 0 Å². The summed E-state index contributed by atoms with van der Waals surface area (Å²) in [6.07, 6.45) is 0. The maximum atomic E-state index is 12.5. The van der Waals surface area contributed by atoms with E-state index in [2.05, 4.69) is 10.6 Å². The topological polar surface area (TPSA) is 79.9 Å². The first-order valence-corrected chi connectivity index (χ1v) is 10.3. The first kappa shape index (κ1) is 22.3. The minimum atomic E-state index is -0.436. The largest absolute Gasteiger partial charge is 0.484 e. The Hall–Kier alpha value is -3.39. The summed E-state index contributed by atoms with van der Waals surface area (Å²) in [6.45, 7) is 4.37. The van der Waals surface area contributed by atoms with E-state index in [1.807, 2.05) is 49.1 Å². The van der Waals surface area contributed by atoms with Gasteiger partial charge in [-0.25, -0.2) is 4.79 Å². The molecule has 1 amide bonds. The van der Waals surface area contributed by atoms with Crippen LogP contribution in [0.15, 0.2) is 65.9 Å². The van der Waals surface area contributed by atoms with E-state index in [4.69, 9.17) is 21.7 Å². The number of esters is 1. The van der Waals surface area contributed by atoms with Crippen LogP contribution in [0.3, 0.4) is 0 Å². The molecule has 31 heavy (non-hydrogen) atoms. The van der Waals surface area contributed by atoms with Gasteiger partial charge in [0.25, 0.3) is 5.91 Å². The average Bonchev–Trinajstić information content (AvgIpc) is 2.78. The number of benzene rings is 2. The lowest BCUT2D eigenvalue weighted by Gasteiger charge is -2.36. The van der Waals surface area contributed by atoms with E-state index in [0.29, 0.717) is 28.7 Å². The fourth-order valence-electron chi connectivity index (χ4n) is 3.41. The normalized spacial score (nSPS) is 15.9. The summed E-state index contributed by atoms with van der Waals surface area (Å²) >= 11 is 5.47. The number of thiocarbonyl (C=S) groups is 1. The maximum Gasteiger partial charge on any atom is 0.337 e. The molecular formula is C23H25N3O4S. The molecule has 2 N–H and O–H groups in total. The van der Waals surface area contributed by atoms with Crippen molar-refractivity contribution in [2.24, 2.45) is 0 Å². The number of rotatable bonds is 7. The third-order valence-electron chi connectivity index (χ3n) is 4.96. The van der Waals surface area contributed by atoms with Gasteiger partial charge in [-0.15, -0.1) is 0 Å². The van der Waals surface area contributed by atoms with E-state index in [9.17, 15) is 9.59 Å². The summed E-state index contributed by atoms with van der Waals surface area (Å²) < 4.78 is 10.5. The van der Waals surface area contributed by atoms with Crippen LogP contribution in [0.1, 0.15) is 25.5 Å². The summed E-state index contributed by atoms with van der Waals surface area (Å²) in [7, 11) is 1.36. The number of hydrogen-bond donors (Lipinski definition) is 2. The Morgan fingerprint density at radius 3 is 2.42 bits per heavy atom. The molecule has 0 fully saturated rings. The molecule has 1 aliphatic rings. The number of para-hydroxylation sites is 1. The Bertz CT molecular complexity index is 990. The number of ether oxygens (including phenoxy) is 2. The van der Waals surface area contributed by atoms with Crippen molar-refractivity contribution in [3.8, 4) is 5.75 Å². The predicted octanol–water partition coefficient (Wildman–Crippen LogP) is 3.40. The molecule has 0 unspecified atom stereocenters. The number of hydrogen-bond acceptors (Lipinski definition) is 5. The van der Waals surface area contributed by atoms with Crippen molar-refractivity contribution in [2.45, 2.75) is 19.9 Å². The van der Waals surface area contributed by atoms with Gasteiger partial charge in [0.05, 0.1) is 18.7 Å². The summed E-state index contributed by atoms with van der Waals surface area (Å²) in [5.41, 5.74) is 2.72. The molecular weight excluding hydrogens is 414 g/mol. The van der Waals surface area contributed by atoms with Gasteiger partial charge < -0.3 is 25.0 Å². The Morgan fingerprint density at radius 1 is 1.13 bits per heavy atom. The van der Waals surface area contributed by atoms with Crippen LogP contribution in [0.2, 0.25) is 0 Å². The summed E-state index contributed by atoms with van der Waals surface area (Å²) in [4.78, 5) is 26.5. The fourth-order valence-corrected chi connectivity index (χ4v) is 3.79. The number of carbonyl (C=O) groups is 2. The van der Waals surface area contributed by atoms with Gasteiger partial charge in [0.1, 0.15) is 5.75 Å². The molecule has 2 aromatic rings. The summed E-state index contributed by atoms with van der Waals surface area (Å²) in [6, 6.07) is 15.9. The summed E-state index contributed by atoms with van der Waals surface area (Å²) in [5, 5.41) is 6.57. The molecule has 8 heteroatoms. The van der Waals surface area contributed by atoms with Gasteiger partial charge in [0, 0.05) is 17.9 Å². The van der Waals surface area contributed by atoms with Crippen LogP contribution in [-0.4, -0.2) is 42.2 Å². The van der Waals surface area contributed by atoms with Crippen molar-refractivity contribution in [2.75, 3.05) is 25.6 Å². The Balaban J connectivity index is 1.72. The predicted molar refractivity (Wildman–Crippen MR) is 123 cm³/mol. The highest BCUT2D eigenvalue weighted by molar-refractivity contribution is 7.80. The molecule has 0 aliphatic carbocycles. The highest BCUT2D eigenvalue weighted by atomic mass is 32.1. The number of methoxy groups -OCH3 is 1. The number of nitrogens with one attached hydrogen (secondary N) is 2. The fraction of sp³-hybridized carbons (Fsp3) is 0.261. The second-order valence-electron chi connectivity index (χ2n) is 6.89. The van der Waals surface area contributed by atoms with E-state index in [1.54, 1.807) is 24.3 Å². The zero-order chi connectivity index (χ0) is 22.4. The highest BCUT2D eigenvalue weighted by Gasteiger charge is 2.33. The molecule has 1 atom stereocenters. The zero-order valence-corrected chi connectivity index (χ0v) is 18.5. The molecule has 0 bridgehead atoms. The van der Waals surface area contributed by atoms with Crippen molar-refractivity contribution in [1.29, 1.82) is 0 Å². The quantitative estimate of drug-likeness (QED) is 0.506. The van der Waals surface area contributed by atoms with Gasteiger partial charge in [-0.2, -0.15) is 0 Å². The SMILES string of the molecule is CCN1C(=S)N[C@@H](c2ccc(NC(=O)COc3ccccc3)cc2)C(C(=O)OC)=C1C. The van der Waals surface area contributed by atoms with Crippen LogP contribution in [0.4, 0.5) is 5.69 Å². The molecule has 0 aromatic heterocycles. The lowest BCUT2D eigenvalue weighted by Crippen LogP contribution is -2.47. The van der Waals surface area contributed by atoms with Crippen LogP contribution >= 0.6 is 12.2 Å². The van der Waals surface area contributed by atoms with Gasteiger partial charge in [-0.05, 0) is 55.9 Å². The molecule has 0 saturated carbocycles. The first-order chi connectivity index (χ1) is 14.9. The Morgan fingerprint density at radius 2 is 1.81 bits per heavy atom. The lowest BCUT2D eigenvalue weighted by molar-refractivity contribution is -0.136. The van der Waals surface area contributed by atoms with Crippen LogP contribution in [0.5, 0.6) is 5.75 Å². The standard InChI is InChI=1S/C23H25N3O4S/c1-4-26-15(2)20(22(28)29-3)21(25-23(26)31)16-10-12-17(13-11-16)24-19(27)14-30-18-8-6-5-7-9-18/h5-13,21H,4,14H2,1-3H3,(H,24,27)(H,25,31)/t21-/m0/s1.